The average molecular weight is 272 g/mol. The predicted molar refractivity (Wildman–Crippen MR) is 67.5 cm³/mol. The van der Waals surface area contributed by atoms with Crippen LogP contribution in [0.3, 0.4) is 0 Å². The van der Waals surface area contributed by atoms with Gasteiger partial charge in [0.2, 0.25) is 0 Å². The highest BCUT2D eigenvalue weighted by molar-refractivity contribution is 9.10. The van der Waals surface area contributed by atoms with Gasteiger partial charge in [-0.25, -0.2) is 0 Å². The first kappa shape index (κ1) is 12.5. The summed E-state index contributed by atoms with van der Waals surface area (Å²) >= 11 is 3.56. The molecule has 2 N–H and O–H groups in total. The van der Waals surface area contributed by atoms with Gasteiger partial charge in [0.15, 0.2) is 0 Å². The molecule has 15 heavy (non-hydrogen) atoms. The molecule has 0 fully saturated rings. The fourth-order valence-corrected chi connectivity index (χ4v) is 2.10. The lowest BCUT2D eigenvalue weighted by Crippen LogP contribution is -2.18. The standard InChI is InChI=1S/C12H18BrNO/c1-7-5-10(6-8(2)14)12(15-4)9(3)11(7)13/h5,8H,6,14H2,1-4H3. The highest BCUT2D eigenvalue weighted by Gasteiger charge is 2.13. The maximum atomic E-state index is 5.82. The van der Waals surface area contributed by atoms with Crippen molar-refractivity contribution >= 4 is 15.9 Å². The molecule has 1 unspecified atom stereocenters. The number of nitrogens with two attached hydrogens (primary N) is 1. The second-order valence-electron chi connectivity index (χ2n) is 4.01. The molecule has 1 rings (SSSR count). The largest absolute Gasteiger partial charge is 0.496 e. The average Bonchev–Trinajstić information content (AvgIpc) is 2.14. The molecule has 0 bridgehead atoms. The van der Waals surface area contributed by atoms with Crippen LogP contribution in [0.5, 0.6) is 5.75 Å². The molecule has 0 aliphatic heterocycles. The zero-order chi connectivity index (χ0) is 11.6. The number of hydrogen-bond donors (Lipinski definition) is 1. The Hall–Kier alpha value is -0.540. The molecule has 0 aliphatic rings. The van der Waals surface area contributed by atoms with Crippen LogP contribution < -0.4 is 10.5 Å². The molecule has 0 spiro atoms. The van der Waals surface area contributed by atoms with E-state index in [2.05, 4.69) is 35.8 Å². The molecule has 0 aromatic heterocycles. The van der Waals surface area contributed by atoms with Gasteiger partial charge >= 0.3 is 0 Å². The normalized spacial score (nSPS) is 12.7. The number of rotatable bonds is 3. The number of benzene rings is 1. The zero-order valence-electron chi connectivity index (χ0n) is 9.73. The zero-order valence-corrected chi connectivity index (χ0v) is 11.3. The van der Waals surface area contributed by atoms with E-state index in [4.69, 9.17) is 10.5 Å². The van der Waals surface area contributed by atoms with Gasteiger partial charge in [0.05, 0.1) is 7.11 Å². The van der Waals surface area contributed by atoms with E-state index in [-0.39, 0.29) is 6.04 Å². The highest BCUT2D eigenvalue weighted by atomic mass is 79.9. The van der Waals surface area contributed by atoms with Crippen LogP contribution in [0.4, 0.5) is 0 Å². The summed E-state index contributed by atoms with van der Waals surface area (Å²) in [5, 5.41) is 0. The van der Waals surface area contributed by atoms with Gasteiger partial charge < -0.3 is 10.5 Å². The second-order valence-corrected chi connectivity index (χ2v) is 4.80. The first-order valence-electron chi connectivity index (χ1n) is 5.05. The maximum Gasteiger partial charge on any atom is 0.126 e. The van der Waals surface area contributed by atoms with Crippen molar-refractivity contribution in [2.24, 2.45) is 5.73 Å². The van der Waals surface area contributed by atoms with Crippen LogP contribution in [0.2, 0.25) is 0 Å². The third kappa shape index (κ3) is 2.73. The van der Waals surface area contributed by atoms with E-state index in [9.17, 15) is 0 Å². The highest BCUT2D eigenvalue weighted by Crippen LogP contribution is 2.33. The van der Waals surface area contributed by atoms with Gasteiger partial charge in [-0.3, -0.25) is 0 Å². The van der Waals surface area contributed by atoms with Crippen molar-refractivity contribution in [2.75, 3.05) is 7.11 Å². The molecule has 1 aromatic carbocycles. The van der Waals surface area contributed by atoms with E-state index in [0.717, 1.165) is 22.2 Å². The Morgan fingerprint density at radius 1 is 1.47 bits per heavy atom. The summed E-state index contributed by atoms with van der Waals surface area (Å²) in [6, 6.07) is 2.29. The smallest absolute Gasteiger partial charge is 0.126 e. The van der Waals surface area contributed by atoms with E-state index in [1.807, 2.05) is 6.92 Å². The van der Waals surface area contributed by atoms with Crippen LogP contribution in [0.1, 0.15) is 23.6 Å². The van der Waals surface area contributed by atoms with Crippen molar-refractivity contribution in [3.8, 4) is 5.75 Å². The van der Waals surface area contributed by atoms with Crippen LogP contribution in [-0.2, 0) is 6.42 Å². The molecule has 0 heterocycles. The van der Waals surface area contributed by atoms with Gasteiger partial charge in [-0.1, -0.05) is 22.0 Å². The Morgan fingerprint density at radius 3 is 2.53 bits per heavy atom. The lowest BCUT2D eigenvalue weighted by atomic mass is 10.0. The van der Waals surface area contributed by atoms with Crippen molar-refractivity contribution in [2.45, 2.75) is 33.2 Å². The molecule has 0 radical (unpaired) electrons. The summed E-state index contributed by atoms with van der Waals surface area (Å²) in [6.07, 6.45) is 0.845. The second kappa shape index (κ2) is 4.99. The molecular weight excluding hydrogens is 254 g/mol. The Morgan fingerprint density at radius 2 is 2.07 bits per heavy atom. The number of methoxy groups -OCH3 is 1. The van der Waals surface area contributed by atoms with E-state index in [1.54, 1.807) is 7.11 Å². The molecular formula is C12H18BrNO. The van der Waals surface area contributed by atoms with Crippen LogP contribution in [0.25, 0.3) is 0 Å². The van der Waals surface area contributed by atoms with Crippen molar-refractivity contribution in [3.05, 3.63) is 27.2 Å². The third-order valence-corrected chi connectivity index (χ3v) is 3.66. The van der Waals surface area contributed by atoms with Crippen LogP contribution >= 0.6 is 15.9 Å². The minimum Gasteiger partial charge on any atom is -0.496 e. The lowest BCUT2D eigenvalue weighted by molar-refractivity contribution is 0.404. The van der Waals surface area contributed by atoms with E-state index in [0.29, 0.717) is 0 Å². The van der Waals surface area contributed by atoms with Crippen molar-refractivity contribution in [3.63, 3.8) is 0 Å². The third-order valence-electron chi connectivity index (χ3n) is 2.44. The Bertz CT molecular complexity index is 361. The lowest BCUT2D eigenvalue weighted by Gasteiger charge is -2.16. The summed E-state index contributed by atoms with van der Waals surface area (Å²) < 4.78 is 6.55. The maximum absolute atomic E-state index is 5.82. The summed E-state index contributed by atoms with van der Waals surface area (Å²) in [4.78, 5) is 0. The molecule has 1 aromatic rings. The van der Waals surface area contributed by atoms with Crippen LogP contribution in [-0.4, -0.2) is 13.2 Å². The fraction of sp³-hybridized carbons (Fsp3) is 0.500. The van der Waals surface area contributed by atoms with Gasteiger partial charge in [-0.2, -0.15) is 0 Å². The fourth-order valence-electron chi connectivity index (χ4n) is 1.81. The molecule has 0 saturated carbocycles. The first-order valence-corrected chi connectivity index (χ1v) is 5.84. The Kier molecular flexibility index (Phi) is 4.17. The number of halogens is 1. The summed E-state index contributed by atoms with van der Waals surface area (Å²) in [7, 11) is 1.70. The number of aryl methyl sites for hydroxylation is 1. The summed E-state index contributed by atoms with van der Waals surface area (Å²) in [6.45, 7) is 6.15. The van der Waals surface area contributed by atoms with E-state index < -0.39 is 0 Å². The van der Waals surface area contributed by atoms with Crippen molar-refractivity contribution in [1.82, 2.24) is 0 Å². The van der Waals surface area contributed by atoms with Gasteiger partial charge in [-0.05, 0) is 38.3 Å². The van der Waals surface area contributed by atoms with Gasteiger partial charge in [0.1, 0.15) is 5.75 Å². The van der Waals surface area contributed by atoms with Crippen LogP contribution in [0.15, 0.2) is 10.5 Å². The Labute approximate surface area is 99.9 Å². The monoisotopic (exact) mass is 271 g/mol. The van der Waals surface area contributed by atoms with Gasteiger partial charge in [-0.15, -0.1) is 0 Å². The SMILES string of the molecule is COc1c(CC(C)N)cc(C)c(Br)c1C. The molecule has 3 heteroatoms. The summed E-state index contributed by atoms with van der Waals surface area (Å²) in [5.74, 6) is 0.949. The topological polar surface area (TPSA) is 35.2 Å². The predicted octanol–water partition coefficient (Wildman–Crippen LogP) is 2.96. The molecule has 1 atom stereocenters. The van der Waals surface area contributed by atoms with Gasteiger partial charge in [0, 0.05) is 16.1 Å². The Balaban J connectivity index is 3.25. The molecule has 0 aliphatic carbocycles. The molecule has 84 valence electrons. The van der Waals surface area contributed by atoms with Crippen molar-refractivity contribution < 1.29 is 4.74 Å². The molecule has 2 nitrogen and oxygen atoms in total. The van der Waals surface area contributed by atoms with E-state index in [1.165, 1.54) is 11.1 Å². The molecule has 0 amide bonds. The first-order chi connectivity index (χ1) is 6.97. The van der Waals surface area contributed by atoms with Crippen molar-refractivity contribution in [1.29, 1.82) is 0 Å². The minimum atomic E-state index is 0.152. The quantitative estimate of drug-likeness (QED) is 0.918. The number of ether oxygens (including phenoxy) is 1. The van der Waals surface area contributed by atoms with E-state index >= 15 is 0 Å². The number of hydrogen-bond acceptors (Lipinski definition) is 2. The molecule has 0 saturated heterocycles. The summed E-state index contributed by atoms with van der Waals surface area (Å²) in [5.41, 5.74) is 9.38. The minimum absolute atomic E-state index is 0.152. The van der Waals surface area contributed by atoms with Crippen LogP contribution in [0, 0.1) is 13.8 Å². The van der Waals surface area contributed by atoms with Gasteiger partial charge in [0.25, 0.3) is 0 Å².